The van der Waals surface area contributed by atoms with Gasteiger partial charge in [-0.2, -0.15) is 0 Å². The molecule has 3 rings (SSSR count). The standard InChI is InChI=1S/C13H15N3/c1-13(2)11(12(13)14)10-7-15-8-5-3-4-6-9(8)16-10/h3-7,11-12H,14H2,1-2H3/t11-,12-/m1/s1. The molecule has 3 heteroatoms. The predicted octanol–water partition coefficient (Wildman–Crippen LogP) is 2.08. The first-order valence-electron chi connectivity index (χ1n) is 5.58. The average molecular weight is 213 g/mol. The predicted molar refractivity (Wildman–Crippen MR) is 64.0 cm³/mol. The monoisotopic (exact) mass is 213 g/mol. The van der Waals surface area contributed by atoms with Gasteiger partial charge in [-0.3, -0.25) is 4.98 Å². The molecule has 1 heterocycles. The summed E-state index contributed by atoms with van der Waals surface area (Å²) in [7, 11) is 0. The van der Waals surface area contributed by atoms with Gasteiger partial charge in [0.1, 0.15) is 0 Å². The first kappa shape index (κ1) is 9.73. The maximum atomic E-state index is 6.05. The second-order valence-electron chi connectivity index (χ2n) is 5.11. The molecule has 0 spiro atoms. The summed E-state index contributed by atoms with van der Waals surface area (Å²) in [6.45, 7) is 4.36. The van der Waals surface area contributed by atoms with Crippen molar-refractivity contribution in [2.75, 3.05) is 0 Å². The number of nitrogens with two attached hydrogens (primary N) is 1. The molecular formula is C13H15N3. The van der Waals surface area contributed by atoms with Gasteiger partial charge in [-0.25, -0.2) is 4.98 Å². The molecule has 0 amide bonds. The summed E-state index contributed by atoms with van der Waals surface area (Å²) in [6, 6.07) is 8.14. The highest BCUT2D eigenvalue weighted by molar-refractivity contribution is 5.73. The third kappa shape index (κ3) is 1.25. The fraction of sp³-hybridized carbons (Fsp3) is 0.385. The van der Waals surface area contributed by atoms with E-state index in [1.807, 2.05) is 30.5 Å². The van der Waals surface area contributed by atoms with Crippen LogP contribution >= 0.6 is 0 Å². The lowest BCUT2D eigenvalue weighted by atomic mass is 10.1. The molecule has 0 aliphatic heterocycles. The van der Waals surface area contributed by atoms with E-state index in [-0.39, 0.29) is 11.5 Å². The molecule has 1 aromatic carbocycles. The molecule has 16 heavy (non-hydrogen) atoms. The third-order valence-electron chi connectivity index (χ3n) is 3.70. The molecule has 0 saturated heterocycles. The van der Waals surface area contributed by atoms with Gasteiger partial charge in [0.25, 0.3) is 0 Å². The molecule has 1 aliphatic rings. The zero-order chi connectivity index (χ0) is 11.3. The lowest BCUT2D eigenvalue weighted by Gasteiger charge is -2.03. The maximum absolute atomic E-state index is 6.05. The largest absolute Gasteiger partial charge is 0.327 e. The van der Waals surface area contributed by atoms with E-state index in [0.29, 0.717) is 5.92 Å². The second kappa shape index (κ2) is 3.01. The zero-order valence-corrected chi connectivity index (χ0v) is 9.51. The first-order valence-corrected chi connectivity index (χ1v) is 5.58. The van der Waals surface area contributed by atoms with Gasteiger partial charge < -0.3 is 5.73 Å². The van der Waals surface area contributed by atoms with Crippen molar-refractivity contribution in [2.45, 2.75) is 25.8 Å². The normalized spacial score (nSPS) is 26.9. The molecule has 0 radical (unpaired) electrons. The van der Waals surface area contributed by atoms with Crippen LogP contribution < -0.4 is 5.73 Å². The molecule has 1 aliphatic carbocycles. The minimum absolute atomic E-state index is 0.164. The molecule has 3 nitrogen and oxygen atoms in total. The van der Waals surface area contributed by atoms with E-state index in [0.717, 1.165) is 16.7 Å². The third-order valence-corrected chi connectivity index (χ3v) is 3.70. The quantitative estimate of drug-likeness (QED) is 0.789. The molecular weight excluding hydrogens is 198 g/mol. The number of benzene rings is 1. The molecule has 2 N–H and O–H groups in total. The molecule has 1 saturated carbocycles. The van der Waals surface area contributed by atoms with Gasteiger partial charge >= 0.3 is 0 Å². The summed E-state index contributed by atoms with van der Waals surface area (Å²) in [6.07, 6.45) is 1.86. The van der Waals surface area contributed by atoms with E-state index < -0.39 is 0 Å². The fourth-order valence-electron chi connectivity index (χ4n) is 2.36. The van der Waals surface area contributed by atoms with E-state index in [4.69, 9.17) is 5.73 Å². The highest BCUT2D eigenvalue weighted by Gasteiger charge is 2.57. The minimum atomic E-state index is 0.164. The Labute approximate surface area is 94.7 Å². The van der Waals surface area contributed by atoms with E-state index in [1.54, 1.807) is 0 Å². The first-order chi connectivity index (χ1) is 7.60. The number of hydrogen-bond acceptors (Lipinski definition) is 3. The van der Waals surface area contributed by atoms with Crippen molar-refractivity contribution in [2.24, 2.45) is 11.1 Å². The smallest absolute Gasteiger partial charge is 0.0890 e. The highest BCUT2D eigenvalue weighted by atomic mass is 14.9. The zero-order valence-electron chi connectivity index (χ0n) is 9.51. The van der Waals surface area contributed by atoms with Gasteiger partial charge in [-0.1, -0.05) is 26.0 Å². The van der Waals surface area contributed by atoms with Crippen LogP contribution in [0, 0.1) is 5.41 Å². The van der Waals surface area contributed by atoms with Crippen molar-refractivity contribution in [1.82, 2.24) is 9.97 Å². The van der Waals surface area contributed by atoms with Gasteiger partial charge in [0.2, 0.25) is 0 Å². The highest BCUT2D eigenvalue weighted by Crippen LogP contribution is 2.56. The van der Waals surface area contributed by atoms with Gasteiger partial charge in [0.15, 0.2) is 0 Å². The van der Waals surface area contributed by atoms with Crippen LogP contribution in [0.1, 0.15) is 25.5 Å². The number of para-hydroxylation sites is 2. The van der Waals surface area contributed by atoms with Gasteiger partial charge in [-0.15, -0.1) is 0 Å². The lowest BCUT2D eigenvalue weighted by Crippen LogP contribution is -2.06. The summed E-state index contributed by atoms with van der Waals surface area (Å²) >= 11 is 0. The molecule has 1 fully saturated rings. The van der Waals surface area contributed by atoms with Crippen molar-refractivity contribution in [3.05, 3.63) is 36.2 Å². The topological polar surface area (TPSA) is 51.8 Å². The Morgan fingerprint density at radius 3 is 2.44 bits per heavy atom. The van der Waals surface area contributed by atoms with Gasteiger partial charge in [-0.05, 0) is 17.5 Å². The average Bonchev–Trinajstić information content (AvgIpc) is 2.78. The van der Waals surface area contributed by atoms with Crippen LogP contribution in [0.15, 0.2) is 30.5 Å². The molecule has 1 aromatic heterocycles. The molecule has 0 unspecified atom stereocenters. The number of nitrogens with zero attached hydrogens (tertiary/aromatic N) is 2. The van der Waals surface area contributed by atoms with Crippen molar-refractivity contribution in [3.63, 3.8) is 0 Å². The van der Waals surface area contributed by atoms with E-state index >= 15 is 0 Å². The Morgan fingerprint density at radius 2 is 1.81 bits per heavy atom. The van der Waals surface area contributed by atoms with Crippen LogP contribution in [-0.4, -0.2) is 16.0 Å². The van der Waals surface area contributed by atoms with E-state index in [9.17, 15) is 0 Å². The van der Waals surface area contributed by atoms with Crippen molar-refractivity contribution in [3.8, 4) is 0 Å². The summed E-state index contributed by atoms with van der Waals surface area (Å²) in [5.74, 6) is 0.351. The number of fused-ring (bicyclic) bond motifs is 1. The maximum Gasteiger partial charge on any atom is 0.0890 e. The van der Waals surface area contributed by atoms with Crippen molar-refractivity contribution in [1.29, 1.82) is 0 Å². The summed E-state index contributed by atoms with van der Waals surface area (Å²) < 4.78 is 0. The van der Waals surface area contributed by atoms with Crippen LogP contribution in [-0.2, 0) is 0 Å². The second-order valence-corrected chi connectivity index (χ2v) is 5.11. The molecule has 82 valence electrons. The lowest BCUT2D eigenvalue weighted by molar-refractivity contribution is 0.595. The molecule has 2 aromatic rings. The summed E-state index contributed by atoms with van der Waals surface area (Å²) in [4.78, 5) is 9.07. The van der Waals surface area contributed by atoms with Crippen LogP contribution in [0.5, 0.6) is 0 Å². The molecule has 0 bridgehead atoms. The van der Waals surface area contributed by atoms with E-state index in [1.165, 1.54) is 0 Å². The molecule has 2 atom stereocenters. The van der Waals surface area contributed by atoms with Gasteiger partial charge in [0.05, 0.1) is 16.7 Å². The number of hydrogen-bond donors (Lipinski definition) is 1. The number of aromatic nitrogens is 2. The Morgan fingerprint density at radius 1 is 1.19 bits per heavy atom. The number of rotatable bonds is 1. The fourth-order valence-corrected chi connectivity index (χ4v) is 2.36. The Bertz CT molecular complexity index is 548. The van der Waals surface area contributed by atoms with Crippen LogP contribution in [0.3, 0.4) is 0 Å². The SMILES string of the molecule is CC1(C)[C@H](N)[C@H]1c1cnc2ccccc2n1. The van der Waals surface area contributed by atoms with Crippen LogP contribution in [0.25, 0.3) is 11.0 Å². The Hall–Kier alpha value is -1.48. The van der Waals surface area contributed by atoms with Gasteiger partial charge in [0, 0.05) is 18.2 Å². The van der Waals surface area contributed by atoms with Crippen molar-refractivity contribution >= 4 is 11.0 Å². The minimum Gasteiger partial charge on any atom is -0.327 e. The van der Waals surface area contributed by atoms with Crippen LogP contribution in [0.2, 0.25) is 0 Å². The Balaban J connectivity index is 2.07. The van der Waals surface area contributed by atoms with E-state index in [2.05, 4.69) is 23.8 Å². The van der Waals surface area contributed by atoms with Crippen LogP contribution in [0.4, 0.5) is 0 Å². The summed E-state index contributed by atoms with van der Waals surface area (Å²) in [5, 5.41) is 0. The van der Waals surface area contributed by atoms with Crippen molar-refractivity contribution < 1.29 is 0 Å². The summed E-state index contributed by atoms with van der Waals surface area (Å²) in [5.41, 5.74) is 9.14. The Kier molecular flexibility index (Phi) is 1.83.